The fourth-order valence-corrected chi connectivity index (χ4v) is 5.22. The lowest BCUT2D eigenvalue weighted by Crippen LogP contribution is -2.38. The molecule has 34 heavy (non-hydrogen) atoms. The second-order valence-electron chi connectivity index (χ2n) is 8.25. The molecular weight excluding hydrogens is 472 g/mol. The van der Waals surface area contributed by atoms with Gasteiger partial charge in [0.05, 0.1) is 4.90 Å². The van der Waals surface area contributed by atoms with Crippen LogP contribution < -0.4 is 10.5 Å². The summed E-state index contributed by atoms with van der Waals surface area (Å²) in [6.45, 7) is 1.95. The number of hydrogen-bond acceptors (Lipinski definition) is 5. The quantitative estimate of drug-likeness (QED) is 0.522. The molecule has 0 aliphatic carbocycles. The number of benzene rings is 3. The van der Waals surface area contributed by atoms with Gasteiger partial charge >= 0.3 is 0 Å². The first-order chi connectivity index (χ1) is 16.1. The van der Waals surface area contributed by atoms with Gasteiger partial charge < -0.3 is 5.73 Å². The van der Waals surface area contributed by atoms with Crippen LogP contribution >= 0.6 is 11.6 Å². The maximum Gasteiger partial charge on any atom is 0.261 e. The van der Waals surface area contributed by atoms with Crippen molar-refractivity contribution in [1.82, 2.24) is 9.62 Å². The number of rotatable bonds is 7. The highest BCUT2D eigenvalue weighted by molar-refractivity contribution is 7.89. The molecule has 3 aromatic rings. The third kappa shape index (κ3) is 4.57. The summed E-state index contributed by atoms with van der Waals surface area (Å²) in [5.74, 6) is -0.0316. The van der Waals surface area contributed by atoms with Crippen LogP contribution in [0.25, 0.3) is 11.1 Å². The average molecular weight is 497 g/mol. The zero-order valence-corrected chi connectivity index (χ0v) is 20.4. The number of aliphatic imine (C=N–C) groups is 1. The number of amides is 1. The van der Waals surface area contributed by atoms with Gasteiger partial charge in [-0.2, -0.15) is 0 Å². The Morgan fingerprint density at radius 2 is 1.79 bits per heavy atom. The number of nitrogens with zero attached hydrogens (tertiary/aromatic N) is 2. The first-order valence-corrected chi connectivity index (χ1v) is 12.6. The predicted octanol–water partition coefficient (Wildman–Crippen LogP) is 3.53. The molecule has 0 radical (unpaired) electrons. The molecule has 1 aliphatic rings. The number of nitrogens with one attached hydrogen (secondary N) is 1. The number of hydrogen-bond donors (Lipinski definition) is 2. The Hall–Kier alpha value is -3.20. The van der Waals surface area contributed by atoms with Crippen molar-refractivity contribution in [2.75, 3.05) is 13.6 Å². The van der Waals surface area contributed by atoms with Crippen LogP contribution in [0.2, 0.25) is 5.02 Å². The van der Waals surface area contributed by atoms with Crippen LogP contribution in [-0.4, -0.2) is 38.8 Å². The van der Waals surface area contributed by atoms with Crippen LogP contribution in [0.5, 0.6) is 0 Å². The Labute approximate surface area is 204 Å². The van der Waals surface area contributed by atoms with E-state index in [1.807, 2.05) is 36.4 Å². The summed E-state index contributed by atoms with van der Waals surface area (Å²) >= 11 is 6.30. The molecule has 4 rings (SSSR count). The van der Waals surface area contributed by atoms with Gasteiger partial charge in [-0.05, 0) is 65.9 Å². The molecule has 1 heterocycles. The molecule has 3 N–H and O–H groups in total. The Morgan fingerprint density at radius 1 is 1.06 bits per heavy atom. The molecule has 0 saturated heterocycles. The van der Waals surface area contributed by atoms with Crippen molar-refractivity contribution >= 4 is 33.5 Å². The summed E-state index contributed by atoms with van der Waals surface area (Å²) in [4.78, 5) is 18.8. The van der Waals surface area contributed by atoms with Crippen LogP contribution in [0, 0.1) is 0 Å². The normalized spacial score (nSPS) is 18.3. The zero-order valence-electron chi connectivity index (χ0n) is 18.8. The van der Waals surface area contributed by atoms with Gasteiger partial charge in [-0.3, -0.25) is 9.69 Å². The maximum atomic E-state index is 12.8. The highest BCUT2D eigenvalue weighted by Gasteiger charge is 2.43. The van der Waals surface area contributed by atoms with Gasteiger partial charge in [-0.1, -0.05) is 54.1 Å². The zero-order chi connectivity index (χ0) is 24.5. The van der Waals surface area contributed by atoms with Gasteiger partial charge in [0, 0.05) is 18.6 Å². The van der Waals surface area contributed by atoms with E-state index < -0.39 is 15.6 Å². The van der Waals surface area contributed by atoms with Crippen molar-refractivity contribution in [3.05, 3.63) is 88.9 Å². The van der Waals surface area contributed by atoms with Crippen LogP contribution in [0.15, 0.2) is 82.7 Å². The van der Waals surface area contributed by atoms with Crippen LogP contribution in [0.3, 0.4) is 0 Å². The molecule has 7 nitrogen and oxygen atoms in total. The molecule has 1 unspecified atom stereocenters. The van der Waals surface area contributed by atoms with Gasteiger partial charge in [-0.25, -0.2) is 18.1 Å². The van der Waals surface area contributed by atoms with Crippen molar-refractivity contribution in [3.8, 4) is 11.1 Å². The fourth-order valence-electron chi connectivity index (χ4n) is 4.00. The number of nitrogens with two attached hydrogens (primary N) is 1. The Kier molecular flexibility index (Phi) is 6.49. The lowest BCUT2D eigenvalue weighted by atomic mass is 9.88. The van der Waals surface area contributed by atoms with E-state index in [9.17, 15) is 13.2 Å². The maximum absolute atomic E-state index is 12.8. The van der Waals surface area contributed by atoms with Crippen molar-refractivity contribution < 1.29 is 13.2 Å². The number of carbonyl (C=O) groups excluding carboxylic acids is 1. The second kappa shape index (κ2) is 9.21. The molecule has 3 aromatic carbocycles. The van der Waals surface area contributed by atoms with Gasteiger partial charge in [0.25, 0.3) is 5.91 Å². The number of guanidine groups is 1. The molecule has 0 saturated carbocycles. The van der Waals surface area contributed by atoms with E-state index >= 15 is 0 Å². The molecule has 0 spiro atoms. The Bertz CT molecular complexity index is 1380. The van der Waals surface area contributed by atoms with E-state index in [1.165, 1.54) is 4.90 Å². The third-order valence-corrected chi connectivity index (χ3v) is 7.66. The average Bonchev–Trinajstić information content (AvgIpc) is 3.04. The first-order valence-electron chi connectivity index (χ1n) is 10.7. The number of carbonyl (C=O) groups is 1. The summed E-state index contributed by atoms with van der Waals surface area (Å²) in [5, 5.41) is 0.555. The van der Waals surface area contributed by atoms with Crippen molar-refractivity contribution in [1.29, 1.82) is 0 Å². The summed E-state index contributed by atoms with van der Waals surface area (Å²) in [5.41, 5.74) is 8.10. The van der Waals surface area contributed by atoms with E-state index in [0.29, 0.717) is 17.0 Å². The summed E-state index contributed by atoms with van der Waals surface area (Å²) in [6.07, 6.45) is 0.451. The largest absolute Gasteiger partial charge is 0.369 e. The minimum atomic E-state index is -3.60. The van der Waals surface area contributed by atoms with Gasteiger partial charge in [0.15, 0.2) is 11.5 Å². The fraction of sp³-hybridized carbons (Fsp3) is 0.200. The molecule has 1 atom stereocenters. The summed E-state index contributed by atoms with van der Waals surface area (Å²) < 4.78 is 27.8. The SMILES string of the molecule is CN1C(=O)C(C)(c2cccc(-c3cc(Cl)ccc3CCNS(=O)(=O)c3ccccc3)c2)N=C1N. The highest BCUT2D eigenvalue weighted by atomic mass is 35.5. The number of halogens is 1. The van der Waals surface area contributed by atoms with Crippen molar-refractivity contribution in [2.45, 2.75) is 23.8 Å². The minimum Gasteiger partial charge on any atom is -0.369 e. The van der Waals surface area contributed by atoms with E-state index in [0.717, 1.165) is 16.7 Å². The van der Waals surface area contributed by atoms with E-state index in [4.69, 9.17) is 17.3 Å². The predicted molar refractivity (Wildman–Crippen MR) is 134 cm³/mol. The van der Waals surface area contributed by atoms with Gasteiger partial charge in [-0.15, -0.1) is 0 Å². The van der Waals surface area contributed by atoms with Crippen LogP contribution in [0.1, 0.15) is 18.1 Å². The van der Waals surface area contributed by atoms with Crippen molar-refractivity contribution in [2.24, 2.45) is 10.7 Å². The summed E-state index contributed by atoms with van der Waals surface area (Å²) in [6, 6.07) is 21.3. The first kappa shape index (κ1) is 23.9. The smallest absolute Gasteiger partial charge is 0.261 e. The molecule has 9 heteroatoms. The molecule has 0 fully saturated rings. The Morgan fingerprint density at radius 3 is 2.47 bits per heavy atom. The van der Waals surface area contributed by atoms with E-state index in [2.05, 4.69) is 9.71 Å². The van der Waals surface area contributed by atoms with E-state index in [1.54, 1.807) is 50.4 Å². The molecule has 1 aliphatic heterocycles. The van der Waals surface area contributed by atoms with Gasteiger partial charge in [0.1, 0.15) is 0 Å². The topological polar surface area (TPSA) is 105 Å². The van der Waals surface area contributed by atoms with Gasteiger partial charge in [0.2, 0.25) is 10.0 Å². The lowest BCUT2D eigenvalue weighted by molar-refractivity contribution is -0.130. The standard InChI is InChI=1S/C25H25ClN4O3S/c1-25(23(31)30(2)24(27)29-25)19-8-6-7-18(15-19)22-16-20(26)12-11-17(22)13-14-28-34(32,33)21-9-4-3-5-10-21/h3-12,15-16,28H,13-14H2,1-2H3,(H2,27,29). The second-order valence-corrected chi connectivity index (χ2v) is 10.5. The van der Waals surface area contributed by atoms with Crippen molar-refractivity contribution in [3.63, 3.8) is 0 Å². The number of likely N-dealkylation sites (N-methyl/N-ethyl adjacent to an activating group) is 1. The van der Waals surface area contributed by atoms with Crippen LogP contribution in [0.4, 0.5) is 0 Å². The Balaban J connectivity index is 1.61. The molecule has 1 amide bonds. The molecule has 0 aromatic heterocycles. The number of sulfonamides is 1. The highest BCUT2D eigenvalue weighted by Crippen LogP contribution is 2.35. The molecular formula is C25H25ClN4O3S. The molecule has 176 valence electrons. The third-order valence-electron chi connectivity index (χ3n) is 5.95. The monoisotopic (exact) mass is 496 g/mol. The van der Waals surface area contributed by atoms with Crippen LogP contribution in [-0.2, 0) is 26.8 Å². The van der Waals surface area contributed by atoms with E-state index in [-0.39, 0.29) is 23.3 Å². The molecule has 0 bridgehead atoms. The minimum absolute atomic E-state index is 0.173. The summed E-state index contributed by atoms with van der Waals surface area (Å²) in [7, 11) is -2.00. The lowest BCUT2D eigenvalue weighted by Gasteiger charge is -2.21.